The zero-order valence-electron chi connectivity index (χ0n) is 18.4. The number of nitrogens with zero attached hydrogens (tertiary/aromatic N) is 2. The molecule has 3 aromatic rings. The van der Waals surface area contributed by atoms with Crippen LogP contribution in [0, 0.1) is 6.92 Å². The lowest BCUT2D eigenvalue weighted by molar-refractivity contribution is -0.132. The molecule has 0 unspecified atom stereocenters. The molecule has 2 aromatic carbocycles. The highest BCUT2D eigenvalue weighted by Gasteiger charge is 2.48. The molecule has 1 aromatic heterocycles. The number of ketones is 1. The summed E-state index contributed by atoms with van der Waals surface area (Å²) in [5, 5.41) is 21.3. The fourth-order valence-electron chi connectivity index (χ4n) is 3.73. The minimum atomic E-state index is -1.10. The number of thiazole rings is 1. The molecule has 0 saturated carbocycles. The Bertz CT molecular complexity index is 1340. The number of hydrogen-bond acceptors (Lipinski definition) is 9. The lowest BCUT2D eigenvalue weighted by Gasteiger charge is -2.23. The standard InChI is InChI=1S/C24H20N2O7S/c1-12-21(23(31)33-3)34-24(25-12)26-18(13-6-4-8-15(27)10-13)17(20(29)22(26)30)19(28)14-7-5-9-16(11-14)32-2/h4-11,18,27-28H,1-3H3/t18-/m0/s1. The Morgan fingerprint density at radius 1 is 1.12 bits per heavy atom. The molecule has 0 aliphatic carbocycles. The molecule has 1 fully saturated rings. The van der Waals surface area contributed by atoms with E-state index in [9.17, 15) is 24.6 Å². The van der Waals surface area contributed by atoms with E-state index in [4.69, 9.17) is 9.47 Å². The van der Waals surface area contributed by atoms with Crippen molar-refractivity contribution in [2.45, 2.75) is 13.0 Å². The molecule has 0 radical (unpaired) electrons. The molecule has 1 saturated heterocycles. The molecule has 0 spiro atoms. The van der Waals surface area contributed by atoms with Gasteiger partial charge in [-0.05, 0) is 36.8 Å². The minimum Gasteiger partial charge on any atom is -0.508 e. The third-order valence-corrected chi connectivity index (χ3v) is 6.47. The molecule has 1 amide bonds. The molecule has 4 rings (SSSR count). The van der Waals surface area contributed by atoms with Crippen LogP contribution in [0.2, 0.25) is 0 Å². The highest BCUT2D eigenvalue weighted by atomic mass is 32.1. The van der Waals surface area contributed by atoms with Crippen LogP contribution in [0.1, 0.15) is 32.5 Å². The Kier molecular flexibility index (Phi) is 6.08. The van der Waals surface area contributed by atoms with Gasteiger partial charge in [-0.1, -0.05) is 35.6 Å². The highest BCUT2D eigenvalue weighted by Crippen LogP contribution is 2.44. The molecule has 1 atom stereocenters. The van der Waals surface area contributed by atoms with Crippen LogP contribution in [0.4, 0.5) is 5.13 Å². The second-order valence-electron chi connectivity index (χ2n) is 7.40. The van der Waals surface area contributed by atoms with E-state index in [-0.39, 0.29) is 26.9 Å². The van der Waals surface area contributed by atoms with E-state index in [1.54, 1.807) is 37.3 Å². The first-order chi connectivity index (χ1) is 16.3. The van der Waals surface area contributed by atoms with E-state index >= 15 is 0 Å². The van der Waals surface area contributed by atoms with Crippen LogP contribution in [0.15, 0.2) is 54.1 Å². The van der Waals surface area contributed by atoms with E-state index in [2.05, 4.69) is 4.98 Å². The van der Waals surface area contributed by atoms with Crippen LogP contribution >= 0.6 is 11.3 Å². The van der Waals surface area contributed by atoms with Crippen LogP contribution in [0.5, 0.6) is 11.5 Å². The van der Waals surface area contributed by atoms with Crippen molar-refractivity contribution in [3.8, 4) is 11.5 Å². The molecule has 34 heavy (non-hydrogen) atoms. The average Bonchev–Trinajstić information content (AvgIpc) is 3.35. The summed E-state index contributed by atoms with van der Waals surface area (Å²) in [5.74, 6) is -2.53. The van der Waals surface area contributed by atoms with Gasteiger partial charge in [0.25, 0.3) is 5.78 Å². The SMILES string of the molecule is COC(=O)c1sc(N2C(=O)C(=O)C(=C(O)c3cccc(OC)c3)[C@@H]2c2cccc(O)c2)nc1C. The van der Waals surface area contributed by atoms with Crippen LogP contribution in [-0.4, -0.2) is 47.1 Å². The second kappa shape index (κ2) is 8.99. The van der Waals surface area contributed by atoms with Gasteiger partial charge >= 0.3 is 11.9 Å². The van der Waals surface area contributed by atoms with Crippen LogP contribution in [0.25, 0.3) is 5.76 Å². The highest BCUT2D eigenvalue weighted by molar-refractivity contribution is 7.17. The maximum absolute atomic E-state index is 13.2. The zero-order valence-corrected chi connectivity index (χ0v) is 19.3. The summed E-state index contributed by atoms with van der Waals surface area (Å²) in [6.07, 6.45) is 0. The maximum atomic E-state index is 13.2. The number of aryl methyl sites for hydroxylation is 1. The van der Waals surface area contributed by atoms with E-state index in [0.29, 0.717) is 17.0 Å². The Morgan fingerprint density at radius 2 is 1.85 bits per heavy atom. The lowest BCUT2D eigenvalue weighted by atomic mass is 9.95. The largest absolute Gasteiger partial charge is 0.508 e. The van der Waals surface area contributed by atoms with E-state index < -0.39 is 29.5 Å². The first-order valence-corrected chi connectivity index (χ1v) is 10.9. The number of aliphatic hydroxyl groups excluding tert-OH is 1. The summed E-state index contributed by atoms with van der Waals surface area (Å²) < 4.78 is 9.98. The molecule has 9 nitrogen and oxygen atoms in total. The number of hydrogen-bond donors (Lipinski definition) is 2. The monoisotopic (exact) mass is 480 g/mol. The number of carbonyl (C=O) groups is 3. The number of carbonyl (C=O) groups excluding carboxylic acids is 3. The van der Waals surface area contributed by atoms with Crippen molar-refractivity contribution in [2.24, 2.45) is 0 Å². The third-order valence-electron chi connectivity index (χ3n) is 5.34. The molecular formula is C24H20N2O7S. The summed E-state index contributed by atoms with van der Waals surface area (Å²) in [7, 11) is 2.70. The van der Waals surface area contributed by atoms with Gasteiger partial charge in [0.1, 0.15) is 22.1 Å². The molecule has 1 aliphatic heterocycles. The molecule has 1 aliphatic rings. The minimum absolute atomic E-state index is 0.0815. The predicted molar refractivity (Wildman–Crippen MR) is 124 cm³/mol. The van der Waals surface area contributed by atoms with Gasteiger partial charge in [0.2, 0.25) is 0 Å². The third kappa shape index (κ3) is 3.88. The number of amides is 1. The first kappa shape index (κ1) is 23.0. The Balaban J connectivity index is 1.95. The van der Waals surface area contributed by atoms with Gasteiger partial charge in [-0.3, -0.25) is 14.5 Å². The fourth-order valence-corrected chi connectivity index (χ4v) is 4.75. The predicted octanol–water partition coefficient (Wildman–Crippen LogP) is 3.58. The molecular weight excluding hydrogens is 460 g/mol. The Labute approximate surface area is 198 Å². The Morgan fingerprint density at radius 3 is 2.53 bits per heavy atom. The number of aromatic hydroxyl groups is 1. The fraction of sp³-hybridized carbons (Fsp3) is 0.167. The summed E-state index contributed by atoms with van der Waals surface area (Å²) in [5.41, 5.74) is 0.789. The van der Waals surface area contributed by atoms with Crippen molar-refractivity contribution in [1.29, 1.82) is 0 Å². The van der Waals surface area contributed by atoms with Crippen molar-refractivity contribution in [1.82, 2.24) is 4.98 Å². The van der Waals surface area contributed by atoms with E-state index in [1.165, 1.54) is 32.4 Å². The number of phenols is 1. The zero-order chi connectivity index (χ0) is 24.6. The number of ether oxygens (including phenoxy) is 2. The van der Waals surface area contributed by atoms with Crippen molar-refractivity contribution in [2.75, 3.05) is 19.1 Å². The van der Waals surface area contributed by atoms with Gasteiger partial charge in [-0.25, -0.2) is 9.78 Å². The van der Waals surface area contributed by atoms with Crippen LogP contribution in [-0.2, 0) is 14.3 Å². The van der Waals surface area contributed by atoms with Crippen LogP contribution < -0.4 is 9.64 Å². The van der Waals surface area contributed by atoms with E-state index in [0.717, 1.165) is 16.2 Å². The summed E-state index contributed by atoms with van der Waals surface area (Å²) >= 11 is 0.894. The number of phenolic OH excluding ortho intramolecular Hbond substituents is 1. The number of methoxy groups -OCH3 is 2. The number of Topliss-reactive ketones (excluding diaryl/α,β-unsaturated/α-hetero) is 1. The first-order valence-electron chi connectivity index (χ1n) is 10.1. The van der Waals surface area contributed by atoms with Gasteiger partial charge in [0.15, 0.2) is 5.13 Å². The molecule has 0 bridgehead atoms. The average molecular weight is 480 g/mol. The number of aromatic nitrogens is 1. The lowest BCUT2D eigenvalue weighted by Crippen LogP contribution is -2.29. The summed E-state index contributed by atoms with van der Waals surface area (Å²) in [4.78, 5) is 44.1. The molecule has 174 valence electrons. The Hall–Kier alpha value is -4.18. The van der Waals surface area contributed by atoms with Crippen molar-refractivity contribution in [3.05, 3.63) is 75.8 Å². The number of anilines is 1. The number of rotatable bonds is 5. The van der Waals surface area contributed by atoms with Gasteiger partial charge in [0, 0.05) is 5.56 Å². The van der Waals surface area contributed by atoms with Gasteiger partial charge < -0.3 is 19.7 Å². The van der Waals surface area contributed by atoms with Crippen LogP contribution in [0.3, 0.4) is 0 Å². The topological polar surface area (TPSA) is 126 Å². The molecule has 10 heteroatoms. The van der Waals surface area contributed by atoms with Gasteiger partial charge in [-0.15, -0.1) is 0 Å². The molecule has 2 heterocycles. The molecule has 2 N–H and O–H groups in total. The maximum Gasteiger partial charge on any atom is 0.350 e. The number of esters is 1. The van der Waals surface area contributed by atoms with Crippen molar-refractivity contribution >= 4 is 39.9 Å². The number of aliphatic hydroxyl groups is 1. The smallest absolute Gasteiger partial charge is 0.350 e. The van der Waals surface area contributed by atoms with Gasteiger partial charge in [0.05, 0.1) is 31.5 Å². The van der Waals surface area contributed by atoms with Crippen molar-refractivity contribution in [3.63, 3.8) is 0 Å². The summed E-state index contributed by atoms with van der Waals surface area (Å²) in [6.45, 7) is 1.59. The quantitative estimate of drug-likeness (QED) is 0.246. The van der Waals surface area contributed by atoms with Crippen molar-refractivity contribution < 1.29 is 34.1 Å². The second-order valence-corrected chi connectivity index (χ2v) is 8.38. The van der Waals surface area contributed by atoms with Gasteiger partial charge in [-0.2, -0.15) is 0 Å². The number of benzene rings is 2. The normalized spacial score (nSPS) is 17.1. The van der Waals surface area contributed by atoms with E-state index in [1.807, 2.05) is 0 Å². The summed E-state index contributed by atoms with van der Waals surface area (Å²) in [6, 6.07) is 11.3.